The molecular formula is C31H22Br3ClN2O6. The first kappa shape index (κ1) is 30.2. The van der Waals surface area contributed by atoms with E-state index in [1.54, 1.807) is 24.3 Å². The number of esters is 1. The molecule has 3 aromatic carbocycles. The molecule has 1 aliphatic heterocycles. The van der Waals surface area contributed by atoms with E-state index in [1.165, 1.54) is 48.5 Å². The Morgan fingerprint density at radius 3 is 1.86 bits per heavy atom. The molecule has 1 heterocycles. The van der Waals surface area contributed by atoms with Crippen LogP contribution in [0.25, 0.3) is 0 Å². The van der Waals surface area contributed by atoms with Crippen molar-refractivity contribution in [3.63, 3.8) is 0 Å². The number of hydrogen-bond donors (Lipinski definition) is 0. The highest BCUT2D eigenvalue weighted by Crippen LogP contribution is 2.60. The van der Waals surface area contributed by atoms with Crippen LogP contribution in [-0.2, 0) is 9.59 Å². The van der Waals surface area contributed by atoms with Gasteiger partial charge in [0.1, 0.15) is 12.3 Å². The molecule has 0 N–H and O–H groups in total. The van der Waals surface area contributed by atoms with Gasteiger partial charge in [-0.2, -0.15) is 5.01 Å². The van der Waals surface area contributed by atoms with Crippen LogP contribution in [0.3, 0.4) is 0 Å². The van der Waals surface area contributed by atoms with Gasteiger partial charge in [-0.15, -0.1) is 0 Å². The summed E-state index contributed by atoms with van der Waals surface area (Å²) in [5, 5.41) is 2.23. The number of amides is 3. The summed E-state index contributed by atoms with van der Waals surface area (Å²) < 4.78 is 6.23. The van der Waals surface area contributed by atoms with E-state index in [1.807, 2.05) is 0 Å². The van der Waals surface area contributed by atoms with E-state index < -0.39 is 47.9 Å². The molecule has 2 bridgehead atoms. The molecule has 6 atom stereocenters. The van der Waals surface area contributed by atoms with Gasteiger partial charge in [0, 0.05) is 30.3 Å². The molecule has 0 radical (unpaired) electrons. The quantitative estimate of drug-likeness (QED) is 0.0911. The van der Waals surface area contributed by atoms with E-state index in [-0.39, 0.29) is 38.4 Å². The Kier molecular flexibility index (Phi) is 8.36. The van der Waals surface area contributed by atoms with Gasteiger partial charge >= 0.3 is 5.97 Å². The lowest BCUT2D eigenvalue weighted by molar-refractivity contribution is -0.154. The molecule has 2 aliphatic carbocycles. The molecule has 2 saturated carbocycles. The van der Waals surface area contributed by atoms with Crippen LogP contribution in [0, 0.1) is 23.7 Å². The lowest BCUT2D eigenvalue weighted by Crippen LogP contribution is -2.52. The summed E-state index contributed by atoms with van der Waals surface area (Å²) in [5.74, 6) is -3.72. The summed E-state index contributed by atoms with van der Waals surface area (Å²) in [4.78, 5) is 67.3. The highest BCUT2D eigenvalue weighted by Gasteiger charge is 2.67. The third-order valence-corrected chi connectivity index (χ3v) is 12.3. The number of fused-ring (bicyclic) bond motifs is 5. The Morgan fingerprint density at radius 1 is 0.791 bits per heavy atom. The van der Waals surface area contributed by atoms with E-state index in [9.17, 15) is 24.0 Å². The number of carbonyl (C=O) groups excluding carboxylic acids is 5. The summed E-state index contributed by atoms with van der Waals surface area (Å²) in [7, 11) is 0. The van der Waals surface area contributed by atoms with Crippen LogP contribution in [0.5, 0.6) is 5.75 Å². The number of imide groups is 1. The molecule has 8 nitrogen and oxygen atoms in total. The fourth-order valence-corrected chi connectivity index (χ4v) is 8.50. The summed E-state index contributed by atoms with van der Waals surface area (Å²) in [6, 6.07) is 18.6. The van der Waals surface area contributed by atoms with Gasteiger partial charge in [0.2, 0.25) is 0 Å². The Bertz CT molecular complexity index is 1600. The second-order valence-electron chi connectivity index (χ2n) is 10.7. The third kappa shape index (κ3) is 5.49. The number of Topliss-reactive ketones (excluding diaryl/α,β-unsaturated/α-hetero) is 1. The number of ketones is 1. The van der Waals surface area contributed by atoms with Crippen molar-refractivity contribution in [2.24, 2.45) is 23.7 Å². The van der Waals surface area contributed by atoms with Crippen LogP contribution in [-0.4, -0.2) is 55.7 Å². The van der Waals surface area contributed by atoms with Gasteiger partial charge in [0.05, 0.1) is 17.4 Å². The molecule has 0 aromatic heterocycles. The average Bonchev–Trinajstić information content (AvgIpc) is 3.61. The molecule has 0 spiro atoms. The molecule has 0 unspecified atom stereocenters. The van der Waals surface area contributed by atoms with Crippen LogP contribution in [0.15, 0.2) is 77.3 Å². The normalized spacial score (nSPS) is 25.5. The number of benzene rings is 3. The molecule has 3 aromatic rings. The predicted octanol–water partition coefficient (Wildman–Crippen LogP) is 6.34. The highest BCUT2D eigenvalue weighted by molar-refractivity contribution is 9.12. The van der Waals surface area contributed by atoms with Gasteiger partial charge in [0.15, 0.2) is 5.78 Å². The average molecular weight is 794 g/mol. The van der Waals surface area contributed by atoms with Crippen molar-refractivity contribution in [3.05, 3.63) is 99.0 Å². The van der Waals surface area contributed by atoms with Crippen molar-refractivity contribution in [1.29, 1.82) is 0 Å². The second kappa shape index (κ2) is 11.9. The molecule has 6 rings (SSSR count). The predicted molar refractivity (Wildman–Crippen MR) is 168 cm³/mol. The standard InChI is InChI=1S/C31H22Br3ClN2O6/c32-18-7-1-17(2-8-18)31(42)43-20-11-5-15(6-12-20)23(38)14-36(28(39)16-3-9-19(35)10-4-16)37-29(40)24-21-13-22(25(24)30(37)41)27(34)26(21)33/h1-12,21-22,24-27H,13-14H2/t21-,22-,24-,25-,26-,27+/m1/s1. The fourth-order valence-electron chi connectivity index (χ4n) is 6.23. The van der Waals surface area contributed by atoms with Crippen LogP contribution in [0.2, 0.25) is 5.02 Å². The maximum Gasteiger partial charge on any atom is 0.343 e. The van der Waals surface area contributed by atoms with Crippen LogP contribution in [0.1, 0.15) is 37.5 Å². The molecular weight excluding hydrogens is 772 g/mol. The number of halogens is 4. The van der Waals surface area contributed by atoms with Crippen molar-refractivity contribution < 1.29 is 28.7 Å². The molecule has 12 heteroatoms. The molecule has 3 aliphatic rings. The van der Waals surface area contributed by atoms with Crippen LogP contribution in [0.4, 0.5) is 0 Å². The smallest absolute Gasteiger partial charge is 0.343 e. The Morgan fingerprint density at radius 2 is 1.30 bits per heavy atom. The molecule has 1 saturated heterocycles. The number of ether oxygens (including phenoxy) is 1. The van der Waals surface area contributed by atoms with E-state index in [4.69, 9.17) is 16.3 Å². The number of rotatable bonds is 7. The zero-order valence-electron chi connectivity index (χ0n) is 22.2. The second-order valence-corrected chi connectivity index (χ2v) is 14.2. The zero-order chi connectivity index (χ0) is 30.6. The Balaban J connectivity index is 1.24. The van der Waals surface area contributed by atoms with Crippen molar-refractivity contribution in [2.75, 3.05) is 6.54 Å². The molecule has 3 amide bonds. The van der Waals surface area contributed by atoms with Gasteiger partial charge in [-0.3, -0.25) is 19.2 Å². The van der Waals surface area contributed by atoms with Crippen molar-refractivity contribution in [3.8, 4) is 5.75 Å². The Hall–Kier alpha value is -2.86. The van der Waals surface area contributed by atoms with Crippen molar-refractivity contribution in [1.82, 2.24) is 10.0 Å². The lowest BCUT2D eigenvalue weighted by Gasteiger charge is -2.31. The van der Waals surface area contributed by atoms with Gasteiger partial charge in [-0.05, 0) is 91.1 Å². The number of nitrogens with zero attached hydrogens (tertiary/aromatic N) is 2. The number of alkyl halides is 2. The van der Waals surface area contributed by atoms with Crippen molar-refractivity contribution >= 4 is 88.9 Å². The minimum Gasteiger partial charge on any atom is -0.423 e. The molecule has 3 fully saturated rings. The maximum absolute atomic E-state index is 13.8. The summed E-state index contributed by atoms with van der Waals surface area (Å²) >= 11 is 16.7. The summed E-state index contributed by atoms with van der Waals surface area (Å²) in [5.41, 5.74) is 0.734. The van der Waals surface area contributed by atoms with Gasteiger partial charge < -0.3 is 4.74 Å². The lowest BCUT2D eigenvalue weighted by atomic mass is 9.81. The first-order valence-electron chi connectivity index (χ1n) is 13.4. The zero-order valence-corrected chi connectivity index (χ0v) is 27.7. The third-order valence-electron chi connectivity index (χ3n) is 8.29. The van der Waals surface area contributed by atoms with Crippen molar-refractivity contribution in [2.45, 2.75) is 16.1 Å². The van der Waals surface area contributed by atoms with E-state index >= 15 is 0 Å². The summed E-state index contributed by atoms with van der Waals surface area (Å²) in [6.07, 6.45) is 0.731. The van der Waals surface area contributed by atoms with Crippen LogP contribution < -0.4 is 4.74 Å². The minimum atomic E-state index is -0.676. The SMILES string of the molecule is O=C(CN(C(=O)c1ccc(Cl)cc1)N1C(=O)[C@@H]2[C@H]3C[C@@H]([C@@H](Br)[C@H]3Br)[C@H]2C1=O)c1ccc(OC(=O)c2ccc(Br)cc2)cc1. The maximum atomic E-state index is 13.8. The van der Waals surface area contributed by atoms with Gasteiger partial charge in [-0.25, -0.2) is 9.80 Å². The monoisotopic (exact) mass is 790 g/mol. The highest BCUT2D eigenvalue weighted by atomic mass is 79.9. The number of hydrogen-bond acceptors (Lipinski definition) is 6. The van der Waals surface area contributed by atoms with Gasteiger partial charge in [-0.1, -0.05) is 59.4 Å². The largest absolute Gasteiger partial charge is 0.423 e. The summed E-state index contributed by atoms with van der Waals surface area (Å²) in [6.45, 7) is -0.554. The number of carbonyl (C=O) groups is 5. The van der Waals surface area contributed by atoms with E-state index in [0.29, 0.717) is 10.6 Å². The first-order chi connectivity index (χ1) is 20.5. The van der Waals surface area contributed by atoms with E-state index in [2.05, 4.69) is 47.8 Å². The topological polar surface area (TPSA) is 101 Å². The molecule has 220 valence electrons. The van der Waals surface area contributed by atoms with Gasteiger partial charge in [0.25, 0.3) is 17.7 Å². The first-order valence-corrected chi connectivity index (χ1v) is 16.4. The van der Waals surface area contributed by atoms with Crippen LogP contribution >= 0.6 is 59.4 Å². The Labute approximate surface area is 277 Å². The van der Waals surface area contributed by atoms with E-state index in [0.717, 1.165) is 20.9 Å². The minimum absolute atomic E-state index is 0.0221. The molecule has 43 heavy (non-hydrogen) atoms. The number of hydrazine groups is 1. The fraction of sp³-hybridized carbons (Fsp3) is 0.258.